The van der Waals surface area contributed by atoms with Gasteiger partial charge in [-0.05, 0) is 41.0 Å². The van der Waals surface area contributed by atoms with Gasteiger partial charge in [0.2, 0.25) is 0 Å². The predicted molar refractivity (Wildman–Crippen MR) is 64.3 cm³/mol. The number of hydrogen-bond donors (Lipinski definition) is 2. The highest BCUT2D eigenvalue weighted by molar-refractivity contribution is 9.10. The van der Waals surface area contributed by atoms with Crippen molar-refractivity contribution in [3.05, 3.63) is 34.8 Å². The minimum absolute atomic E-state index is 0.199. The van der Waals surface area contributed by atoms with Crippen LogP contribution in [-0.4, -0.2) is 18.3 Å². The molecule has 0 amide bonds. The van der Waals surface area contributed by atoms with Crippen molar-refractivity contribution in [2.24, 2.45) is 5.73 Å². The number of ether oxygens (including phenoxy) is 1. The fourth-order valence-electron chi connectivity index (χ4n) is 1.25. The minimum Gasteiger partial charge on any atom is -0.507 e. The molecule has 0 atom stereocenters. The molecule has 4 heteroatoms. The molecule has 0 aliphatic carbocycles. The highest BCUT2D eigenvalue weighted by atomic mass is 79.9. The average Bonchev–Trinajstić information content (AvgIpc) is 2.24. The maximum absolute atomic E-state index is 9.51. The van der Waals surface area contributed by atoms with Gasteiger partial charge in [-0.3, -0.25) is 0 Å². The van der Waals surface area contributed by atoms with Crippen molar-refractivity contribution in [2.45, 2.75) is 6.42 Å². The average molecular weight is 272 g/mol. The summed E-state index contributed by atoms with van der Waals surface area (Å²) in [6.07, 6.45) is 2.33. The number of hydrogen-bond acceptors (Lipinski definition) is 3. The number of rotatable bonds is 5. The zero-order valence-corrected chi connectivity index (χ0v) is 9.96. The van der Waals surface area contributed by atoms with E-state index in [0.717, 1.165) is 11.3 Å². The highest BCUT2D eigenvalue weighted by Crippen LogP contribution is 2.34. The largest absolute Gasteiger partial charge is 0.507 e. The molecule has 0 fully saturated rings. The first-order valence-electron chi connectivity index (χ1n) is 4.64. The molecule has 1 aromatic carbocycles. The Labute approximate surface area is 97.7 Å². The van der Waals surface area contributed by atoms with Crippen molar-refractivity contribution < 1.29 is 9.84 Å². The fourth-order valence-corrected chi connectivity index (χ4v) is 1.78. The lowest BCUT2D eigenvalue weighted by molar-refractivity contribution is 0.357. The van der Waals surface area contributed by atoms with Gasteiger partial charge in [0.25, 0.3) is 0 Å². The van der Waals surface area contributed by atoms with E-state index in [-0.39, 0.29) is 5.75 Å². The van der Waals surface area contributed by atoms with Crippen molar-refractivity contribution in [1.29, 1.82) is 0 Å². The van der Waals surface area contributed by atoms with Crippen molar-refractivity contribution in [1.82, 2.24) is 0 Å². The molecule has 3 N–H and O–H groups in total. The maximum atomic E-state index is 9.51. The smallest absolute Gasteiger partial charge is 0.130 e. The zero-order chi connectivity index (χ0) is 11.3. The van der Waals surface area contributed by atoms with Crippen LogP contribution < -0.4 is 10.5 Å². The number of benzene rings is 1. The van der Waals surface area contributed by atoms with Crippen molar-refractivity contribution in [3.8, 4) is 11.5 Å². The second kappa shape index (κ2) is 5.78. The van der Waals surface area contributed by atoms with E-state index in [0.29, 0.717) is 24.0 Å². The Kier molecular flexibility index (Phi) is 4.65. The number of halogens is 1. The van der Waals surface area contributed by atoms with E-state index in [1.807, 2.05) is 0 Å². The zero-order valence-electron chi connectivity index (χ0n) is 8.37. The van der Waals surface area contributed by atoms with Crippen LogP contribution in [0.2, 0.25) is 0 Å². The number of nitrogens with two attached hydrogens (primary N) is 1. The lowest BCUT2D eigenvalue weighted by Gasteiger charge is -2.12. The SMILES string of the molecule is C=CCOc1ccc(O)c(Br)c1CCN. The van der Waals surface area contributed by atoms with Gasteiger partial charge in [-0.2, -0.15) is 0 Å². The molecule has 0 bridgehead atoms. The Morgan fingerprint density at radius 2 is 2.27 bits per heavy atom. The van der Waals surface area contributed by atoms with E-state index in [9.17, 15) is 5.11 Å². The molecule has 0 saturated carbocycles. The molecule has 0 aliphatic heterocycles. The Morgan fingerprint density at radius 3 is 2.87 bits per heavy atom. The molecule has 0 radical (unpaired) electrons. The van der Waals surface area contributed by atoms with Crippen LogP contribution in [0.4, 0.5) is 0 Å². The Morgan fingerprint density at radius 1 is 1.53 bits per heavy atom. The molecule has 1 aromatic rings. The topological polar surface area (TPSA) is 55.5 Å². The first-order chi connectivity index (χ1) is 7.20. The van der Waals surface area contributed by atoms with Gasteiger partial charge in [-0.15, -0.1) is 0 Å². The summed E-state index contributed by atoms with van der Waals surface area (Å²) in [5.41, 5.74) is 6.39. The predicted octanol–water partition coefficient (Wildman–Crippen LogP) is 2.22. The summed E-state index contributed by atoms with van der Waals surface area (Å²) in [5, 5.41) is 9.51. The van der Waals surface area contributed by atoms with Crippen LogP contribution in [0.15, 0.2) is 29.3 Å². The van der Waals surface area contributed by atoms with E-state index >= 15 is 0 Å². The molecule has 0 aromatic heterocycles. The third-order valence-electron chi connectivity index (χ3n) is 1.93. The van der Waals surface area contributed by atoms with Gasteiger partial charge in [-0.25, -0.2) is 0 Å². The van der Waals surface area contributed by atoms with Gasteiger partial charge in [0.05, 0.1) is 4.47 Å². The summed E-state index contributed by atoms with van der Waals surface area (Å²) < 4.78 is 6.11. The van der Waals surface area contributed by atoms with Crippen LogP contribution >= 0.6 is 15.9 Å². The quantitative estimate of drug-likeness (QED) is 0.808. The Hall–Kier alpha value is -1.00. The van der Waals surface area contributed by atoms with Crippen LogP contribution in [-0.2, 0) is 6.42 Å². The molecular weight excluding hydrogens is 258 g/mol. The molecule has 0 saturated heterocycles. The summed E-state index contributed by atoms with van der Waals surface area (Å²) in [4.78, 5) is 0. The Bertz CT molecular complexity index is 353. The van der Waals surface area contributed by atoms with Crippen molar-refractivity contribution >= 4 is 15.9 Å². The molecule has 15 heavy (non-hydrogen) atoms. The normalized spacial score (nSPS) is 10.0. The van der Waals surface area contributed by atoms with E-state index in [4.69, 9.17) is 10.5 Å². The summed E-state index contributed by atoms with van der Waals surface area (Å²) in [5.74, 6) is 0.925. The number of phenolic OH excluding ortho intramolecular Hbond substituents is 1. The van der Waals surface area contributed by atoms with Crippen LogP contribution in [0.1, 0.15) is 5.56 Å². The molecular formula is C11H14BrNO2. The second-order valence-corrected chi connectivity index (χ2v) is 3.81. The van der Waals surface area contributed by atoms with Crippen molar-refractivity contribution in [3.63, 3.8) is 0 Å². The molecule has 0 aliphatic rings. The summed E-state index contributed by atoms with van der Waals surface area (Å²) >= 11 is 3.31. The van der Waals surface area contributed by atoms with Gasteiger partial charge in [0.15, 0.2) is 0 Å². The van der Waals surface area contributed by atoms with E-state index < -0.39 is 0 Å². The Balaban J connectivity index is 3.02. The summed E-state index contributed by atoms with van der Waals surface area (Å²) in [6.45, 7) is 4.53. The summed E-state index contributed by atoms with van der Waals surface area (Å²) in [6, 6.07) is 3.32. The van der Waals surface area contributed by atoms with Crippen LogP contribution in [0.5, 0.6) is 11.5 Å². The molecule has 1 rings (SSSR count). The number of phenols is 1. The highest BCUT2D eigenvalue weighted by Gasteiger charge is 2.10. The van der Waals surface area contributed by atoms with Crippen molar-refractivity contribution in [2.75, 3.05) is 13.2 Å². The first kappa shape index (κ1) is 12.1. The second-order valence-electron chi connectivity index (χ2n) is 3.01. The van der Waals surface area contributed by atoms with E-state index in [1.54, 1.807) is 18.2 Å². The lowest BCUT2D eigenvalue weighted by atomic mass is 10.1. The van der Waals surface area contributed by atoms with Gasteiger partial charge >= 0.3 is 0 Å². The summed E-state index contributed by atoms with van der Waals surface area (Å²) in [7, 11) is 0. The standard InChI is InChI=1S/C11H14BrNO2/c1-2-7-15-10-4-3-9(14)11(12)8(10)5-6-13/h2-4,14H,1,5-7,13H2. The number of aromatic hydroxyl groups is 1. The molecule has 82 valence electrons. The van der Waals surface area contributed by atoms with Gasteiger partial charge < -0.3 is 15.6 Å². The van der Waals surface area contributed by atoms with Gasteiger partial charge in [-0.1, -0.05) is 12.7 Å². The maximum Gasteiger partial charge on any atom is 0.130 e. The van der Waals surface area contributed by atoms with E-state index in [1.165, 1.54) is 0 Å². The monoisotopic (exact) mass is 271 g/mol. The van der Waals surface area contributed by atoms with Crippen LogP contribution in [0, 0.1) is 0 Å². The van der Waals surface area contributed by atoms with Crippen LogP contribution in [0.3, 0.4) is 0 Å². The van der Waals surface area contributed by atoms with Gasteiger partial charge in [0.1, 0.15) is 18.1 Å². The lowest BCUT2D eigenvalue weighted by Crippen LogP contribution is -2.06. The fraction of sp³-hybridized carbons (Fsp3) is 0.273. The molecule has 0 unspecified atom stereocenters. The molecule has 0 heterocycles. The first-order valence-corrected chi connectivity index (χ1v) is 5.44. The third-order valence-corrected chi connectivity index (χ3v) is 2.82. The van der Waals surface area contributed by atoms with Crippen LogP contribution in [0.25, 0.3) is 0 Å². The molecule has 3 nitrogen and oxygen atoms in total. The van der Waals surface area contributed by atoms with E-state index in [2.05, 4.69) is 22.5 Å². The minimum atomic E-state index is 0.199. The third kappa shape index (κ3) is 2.97. The molecule has 0 spiro atoms. The van der Waals surface area contributed by atoms with Gasteiger partial charge in [0, 0.05) is 5.56 Å².